The SMILES string of the molecule is Cc1cc(C)[n+](CC2OC(OC3CC(N)C(N)C(OC4OC(CO)C(O)C(N)C4O)C3O)C(O)C(O)C2O)c(C)c1. The van der Waals surface area contributed by atoms with Crippen LogP contribution in [0.3, 0.4) is 0 Å². The Balaban J connectivity index is 1.49. The molecule has 1 aromatic rings. The highest BCUT2D eigenvalue weighted by molar-refractivity contribution is 5.13. The zero-order valence-electron chi connectivity index (χ0n) is 23.4. The quantitative estimate of drug-likeness (QED) is 0.133. The average Bonchev–Trinajstić information content (AvgIpc) is 2.92. The third kappa shape index (κ3) is 6.58. The maximum Gasteiger partial charge on any atom is 0.187 e. The predicted molar refractivity (Wildman–Crippen MR) is 140 cm³/mol. The van der Waals surface area contributed by atoms with E-state index in [0.29, 0.717) is 0 Å². The monoisotopic (exact) mass is 589 g/mol. The van der Waals surface area contributed by atoms with Crippen LogP contribution >= 0.6 is 0 Å². The number of nitrogens with zero attached hydrogens (tertiary/aromatic N) is 1. The van der Waals surface area contributed by atoms with Crippen LogP contribution in [-0.4, -0.2) is 134 Å². The van der Waals surface area contributed by atoms with Gasteiger partial charge in [0.05, 0.1) is 18.8 Å². The second kappa shape index (κ2) is 13.1. The van der Waals surface area contributed by atoms with Gasteiger partial charge in [0, 0.05) is 38.1 Å². The topological polar surface area (TPSA) is 260 Å². The van der Waals surface area contributed by atoms with Gasteiger partial charge in [-0.1, -0.05) is 0 Å². The zero-order valence-corrected chi connectivity index (χ0v) is 23.4. The Morgan fingerprint density at radius 1 is 0.756 bits per heavy atom. The van der Waals surface area contributed by atoms with Crippen LogP contribution in [0.2, 0.25) is 0 Å². The van der Waals surface area contributed by atoms with Crippen LogP contribution in [0.5, 0.6) is 0 Å². The Bertz CT molecular complexity index is 1010. The summed E-state index contributed by atoms with van der Waals surface area (Å²) in [6.07, 6.45) is -16.4. The molecule has 1 saturated carbocycles. The van der Waals surface area contributed by atoms with E-state index in [1.807, 2.05) is 37.5 Å². The van der Waals surface area contributed by atoms with E-state index in [0.717, 1.165) is 17.0 Å². The molecule has 15 unspecified atom stereocenters. The van der Waals surface area contributed by atoms with Crippen molar-refractivity contribution in [2.75, 3.05) is 6.61 Å². The first-order chi connectivity index (χ1) is 19.2. The highest BCUT2D eigenvalue weighted by atomic mass is 16.7. The van der Waals surface area contributed by atoms with Crippen LogP contribution in [0.25, 0.3) is 0 Å². The molecule has 2 aliphatic heterocycles. The summed E-state index contributed by atoms with van der Waals surface area (Å²) in [5.41, 5.74) is 21.2. The third-order valence-corrected chi connectivity index (χ3v) is 8.39. The van der Waals surface area contributed by atoms with Crippen LogP contribution in [0, 0.1) is 20.8 Å². The highest BCUT2D eigenvalue weighted by Gasteiger charge is 2.52. The molecule has 1 aliphatic carbocycles. The number of ether oxygens (including phenoxy) is 4. The summed E-state index contributed by atoms with van der Waals surface area (Å²) in [6.45, 7) is 5.33. The molecular formula is C26H45N4O11+. The molecule has 0 spiro atoms. The molecule has 0 bridgehead atoms. The fourth-order valence-electron chi connectivity index (χ4n) is 5.89. The Labute approximate surface area is 238 Å². The molecule has 15 nitrogen and oxygen atoms in total. The summed E-state index contributed by atoms with van der Waals surface area (Å²) in [7, 11) is 0. The van der Waals surface area contributed by atoms with Crippen LogP contribution in [0.1, 0.15) is 23.4 Å². The van der Waals surface area contributed by atoms with E-state index >= 15 is 0 Å². The van der Waals surface area contributed by atoms with Crippen LogP contribution < -0.4 is 21.8 Å². The van der Waals surface area contributed by atoms with Crippen molar-refractivity contribution in [3.8, 4) is 0 Å². The number of aliphatic hydroxyl groups excluding tert-OH is 7. The molecule has 234 valence electrons. The van der Waals surface area contributed by atoms with Gasteiger partial charge in [0.25, 0.3) is 0 Å². The molecular weight excluding hydrogens is 544 g/mol. The van der Waals surface area contributed by atoms with Crippen molar-refractivity contribution in [2.24, 2.45) is 17.2 Å². The summed E-state index contributed by atoms with van der Waals surface area (Å²) in [4.78, 5) is 0. The Morgan fingerprint density at radius 3 is 1.95 bits per heavy atom. The number of aryl methyl sites for hydroxylation is 3. The molecule has 0 amide bonds. The van der Waals surface area contributed by atoms with Crippen molar-refractivity contribution >= 4 is 0 Å². The smallest absolute Gasteiger partial charge is 0.187 e. The van der Waals surface area contributed by atoms with Crippen LogP contribution in [0.4, 0.5) is 0 Å². The van der Waals surface area contributed by atoms with Crippen molar-refractivity contribution < 1.29 is 59.3 Å². The standard InChI is InChI=1S/C26H45N4O11/c1-9-4-10(2)30(11(3)5-9)7-14-19(33)22(36)23(37)26(39-14)38-13-6-12(27)16(28)24(20(13)34)41-25-21(35)17(29)18(32)15(8-31)40-25/h4-5,12-26,31-37H,6-8,27-29H2,1-3H3/q+1. The molecule has 2 saturated heterocycles. The van der Waals surface area contributed by atoms with Gasteiger partial charge in [-0.3, -0.25) is 0 Å². The van der Waals surface area contributed by atoms with Gasteiger partial charge in [0.1, 0.15) is 54.9 Å². The van der Waals surface area contributed by atoms with E-state index in [9.17, 15) is 35.7 Å². The lowest BCUT2D eigenvalue weighted by Gasteiger charge is -2.47. The predicted octanol–water partition coefficient (Wildman–Crippen LogP) is -5.34. The number of aliphatic hydroxyl groups is 7. The van der Waals surface area contributed by atoms with E-state index in [1.165, 1.54) is 0 Å². The molecule has 3 heterocycles. The van der Waals surface area contributed by atoms with Gasteiger partial charge < -0.3 is 71.9 Å². The van der Waals surface area contributed by atoms with Crippen molar-refractivity contribution in [3.63, 3.8) is 0 Å². The number of rotatable bonds is 7. The lowest BCUT2D eigenvalue weighted by Crippen LogP contribution is -2.69. The average molecular weight is 590 g/mol. The summed E-state index contributed by atoms with van der Waals surface area (Å²) in [6, 6.07) is 1.000. The van der Waals surface area contributed by atoms with Crippen molar-refractivity contribution in [1.29, 1.82) is 0 Å². The van der Waals surface area contributed by atoms with Gasteiger partial charge in [0.15, 0.2) is 30.5 Å². The number of nitrogens with two attached hydrogens (primary N) is 3. The van der Waals surface area contributed by atoms with E-state index in [4.69, 9.17) is 36.1 Å². The molecule has 41 heavy (non-hydrogen) atoms. The lowest BCUT2D eigenvalue weighted by molar-refractivity contribution is -0.718. The van der Waals surface area contributed by atoms with Gasteiger partial charge >= 0.3 is 0 Å². The van der Waals surface area contributed by atoms with Gasteiger partial charge in [-0.15, -0.1) is 0 Å². The third-order valence-electron chi connectivity index (χ3n) is 8.39. The van der Waals surface area contributed by atoms with Crippen LogP contribution in [0.15, 0.2) is 12.1 Å². The Morgan fingerprint density at radius 2 is 1.34 bits per heavy atom. The number of aromatic nitrogens is 1. The second-order valence-electron chi connectivity index (χ2n) is 11.5. The van der Waals surface area contributed by atoms with Gasteiger partial charge in [-0.05, 0) is 18.9 Å². The Kier molecular flexibility index (Phi) is 10.4. The first-order valence-electron chi connectivity index (χ1n) is 13.8. The van der Waals surface area contributed by atoms with Crippen molar-refractivity contribution in [2.45, 2.75) is 125 Å². The summed E-state index contributed by atoms with van der Waals surface area (Å²) < 4.78 is 25.1. The van der Waals surface area contributed by atoms with E-state index in [-0.39, 0.29) is 13.0 Å². The minimum absolute atomic E-state index is 0.0224. The normalized spacial score (nSPS) is 45.5. The van der Waals surface area contributed by atoms with Crippen molar-refractivity contribution in [3.05, 3.63) is 29.1 Å². The van der Waals surface area contributed by atoms with Gasteiger partial charge in [-0.25, -0.2) is 0 Å². The zero-order chi connectivity index (χ0) is 30.3. The lowest BCUT2D eigenvalue weighted by atomic mass is 9.84. The van der Waals surface area contributed by atoms with Crippen molar-refractivity contribution in [1.82, 2.24) is 0 Å². The maximum atomic E-state index is 11.2. The first-order valence-corrected chi connectivity index (χ1v) is 13.8. The molecule has 15 heteroatoms. The van der Waals surface area contributed by atoms with E-state index in [1.54, 1.807) is 0 Å². The van der Waals surface area contributed by atoms with E-state index in [2.05, 4.69) is 0 Å². The molecule has 3 fully saturated rings. The number of pyridine rings is 1. The van der Waals surface area contributed by atoms with Gasteiger partial charge in [0.2, 0.25) is 0 Å². The minimum atomic E-state index is -1.65. The first kappa shape index (κ1) is 32.5. The molecule has 13 N–H and O–H groups in total. The highest BCUT2D eigenvalue weighted by Crippen LogP contribution is 2.31. The maximum absolute atomic E-state index is 11.2. The number of hydrogen-bond donors (Lipinski definition) is 10. The molecule has 0 radical (unpaired) electrons. The second-order valence-corrected chi connectivity index (χ2v) is 11.5. The van der Waals surface area contributed by atoms with Gasteiger partial charge in [-0.2, -0.15) is 4.57 Å². The summed E-state index contributed by atoms with van der Waals surface area (Å²) in [5.74, 6) is 0. The van der Waals surface area contributed by atoms with E-state index < -0.39 is 98.4 Å². The largest absolute Gasteiger partial charge is 0.394 e. The minimum Gasteiger partial charge on any atom is -0.394 e. The fourth-order valence-corrected chi connectivity index (χ4v) is 5.89. The van der Waals surface area contributed by atoms with Crippen LogP contribution in [-0.2, 0) is 25.5 Å². The molecule has 0 aromatic carbocycles. The fraction of sp³-hybridized carbons (Fsp3) is 0.808. The molecule has 15 atom stereocenters. The Hall–Kier alpha value is -1.41. The summed E-state index contributed by atoms with van der Waals surface area (Å²) in [5, 5.41) is 73.3. The molecule has 1 aromatic heterocycles. The molecule has 3 aliphatic rings. The number of hydrogen-bond acceptors (Lipinski definition) is 14. The summed E-state index contributed by atoms with van der Waals surface area (Å²) >= 11 is 0. The molecule has 4 rings (SSSR count).